The molecule has 0 N–H and O–H groups in total. The van der Waals surface area contributed by atoms with Crippen molar-refractivity contribution in [1.29, 1.82) is 0 Å². The number of carbonyl (C=O) groups excluding carboxylic acids is 1. The zero-order valence-electron chi connectivity index (χ0n) is 15.9. The van der Waals surface area contributed by atoms with Crippen molar-refractivity contribution in [2.24, 2.45) is 22.7 Å². The highest BCUT2D eigenvalue weighted by molar-refractivity contribution is 8.15. The molecule has 2 saturated heterocycles. The highest BCUT2D eigenvalue weighted by atomic mass is 32.2. The molecule has 5 aliphatic rings. The van der Waals surface area contributed by atoms with E-state index in [2.05, 4.69) is 9.89 Å². The molecular formula is C20H30N2O3S2. The summed E-state index contributed by atoms with van der Waals surface area (Å²) in [7, 11) is -2.96. The standard InChI is InChI=1S/C20H30N2O3S2/c23-19(8-6-13-3-1-2-4-13)21-20-22(16-10-14-5-7-15(16)9-14)17-11-27(24,25)12-18(17)26-20/h13-18H,1-12H2/t14-,15-,16-,17+,18-/m1/s1. The van der Waals surface area contributed by atoms with Gasteiger partial charge in [0.25, 0.3) is 0 Å². The second-order valence-electron chi connectivity index (χ2n) is 9.43. The van der Waals surface area contributed by atoms with Gasteiger partial charge in [0.15, 0.2) is 15.0 Å². The second-order valence-corrected chi connectivity index (χ2v) is 12.8. The van der Waals surface area contributed by atoms with Crippen molar-refractivity contribution >= 4 is 32.7 Å². The Morgan fingerprint density at radius 2 is 1.89 bits per heavy atom. The third-order valence-corrected chi connectivity index (χ3v) is 10.9. The molecule has 5 fully saturated rings. The van der Waals surface area contributed by atoms with Crippen LogP contribution in [0.15, 0.2) is 4.99 Å². The number of nitrogens with zero attached hydrogens (tertiary/aromatic N) is 2. The third-order valence-electron chi connectivity index (χ3n) is 7.63. The van der Waals surface area contributed by atoms with E-state index in [-0.39, 0.29) is 28.7 Å². The SMILES string of the molecule is O=C(CCC1CCCC1)N=C1S[C@@H]2CS(=O)(=O)C[C@@H]2N1[C@@H]1C[C@@H]2CC[C@@H]1C2. The normalized spacial score (nSPS) is 41.7. The van der Waals surface area contributed by atoms with Gasteiger partial charge in [-0.05, 0) is 43.4 Å². The minimum atomic E-state index is -2.96. The number of amides is 1. The fourth-order valence-electron chi connectivity index (χ4n) is 6.32. The molecule has 150 valence electrons. The number of hydrogen-bond donors (Lipinski definition) is 0. The summed E-state index contributed by atoms with van der Waals surface area (Å²) < 4.78 is 24.4. The minimum absolute atomic E-state index is 0.000358. The Labute approximate surface area is 166 Å². The molecule has 7 heteroatoms. The summed E-state index contributed by atoms with van der Waals surface area (Å²) in [4.78, 5) is 19.4. The quantitative estimate of drug-likeness (QED) is 0.712. The molecule has 2 heterocycles. The largest absolute Gasteiger partial charge is 0.343 e. The van der Waals surface area contributed by atoms with Crippen LogP contribution in [-0.4, -0.2) is 53.2 Å². The summed E-state index contributed by atoms with van der Waals surface area (Å²) in [6.07, 6.45) is 11.7. The van der Waals surface area contributed by atoms with Gasteiger partial charge in [0.1, 0.15) is 0 Å². The zero-order valence-corrected chi connectivity index (χ0v) is 17.5. The van der Waals surface area contributed by atoms with Crippen LogP contribution in [0.5, 0.6) is 0 Å². The lowest BCUT2D eigenvalue weighted by molar-refractivity contribution is -0.118. The van der Waals surface area contributed by atoms with Gasteiger partial charge < -0.3 is 4.90 Å². The number of carbonyl (C=O) groups is 1. The van der Waals surface area contributed by atoms with Crippen molar-refractivity contribution in [1.82, 2.24) is 4.90 Å². The lowest BCUT2D eigenvalue weighted by atomic mass is 9.93. The van der Waals surface area contributed by atoms with E-state index in [4.69, 9.17) is 0 Å². The van der Waals surface area contributed by atoms with Gasteiger partial charge >= 0.3 is 0 Å². The number of rotatable bonds is 4. The molecular weight excluding hydrogens is 380 g/mol. The monoisotopic (exact) mass is 410 g/mol. The number of fused-ring (bicyclic) bond motifs is 3. The van der Waals surface area contributed by atoms with Gasteiger partial charge in [0, 0.05) is 17.7 Å². The molecule has 2 aliphatic heterocycles. The number of aliphatic imine (C=N–C) groups is 1. The van der Waals surface area contributed by atoms with Crippen LogP contribution in [0.25, 0.3) is 0 Å². The smallest absolute Gasteiger partial charge is 0.248 e. The van der Waals surface area contributed by atoms with E-state index in [1.165, 1.54) is 44.9 Å². The summed E-state index contributed by atoms with van der Waals surface area (Å²) in [5, 5.41) is 0.907. The molecule has 5 rings (SSSR count). The first-order valence-corrected chi connectivity index (χ1v) is 13.5. The van der Waals surface area contributed by atoms with Gasteiger partial charge in [-0.3, -0.25) is 4.79 Å². The van der Waals surface area contributed by atoms with E-state index in [9.17, 15) is 13.2 Å². The minimum Gasteiger partial charge on any atom is -0.343 e. The Balaban J connectivity index is 1.33. The zero-order chi connectivity index (χ0) is 18.6. The van der Waals surface area contributed by atoms with Crippen LogP contribution >= 0.6 is 11.8 Å². The van der Waals surface area contributed by atoms with Crippen molar-refractivity contribution in [2.45, 2.75) is 81.5 Å². The molecule has 5 atom stereocenters. The predicted molar refractivity (Wildman–Crippen MR) is 109 cm³/mol. The maximum absolute atomic E-state index is 12.6. The van der Waals surface area contributed by atoms with Crippen LogP contribution in [-0.2, 0) is 14.6 Å². The molecule has 5 nitrogen and oxygen atoms in total. The van der Waals surface area contributed by atoms with Gasteiger partial charge in [-0.25, -0.2) is 8.42 Å². The van der Waals surface area contributed by atoms with E-state index >= 15 is 0 Å². The van der Waals surface area contributed by atoms with Crippen LogP contribution in [0, 0.1) is 17.8 Å². The summed E-state index contributed by atoms with van der Waals surface area (Å²) in [6.45, 7) is 0. The van der Waals surface area contributed by atoms with E-state index in [0.29, 0.717) is 24.3 Å². The maximum atomic E-state index is 12.6. The van der Waals surface area contributed by atoms with Gasteiger partial charge in [-0.1, -0.05) is 43.9 Å². The number of thioether (sulfide) groups is 1. The van der Waals surface area contributed by atoms with Crippen molar-refractivity contribution in [3.8, 4) is 0 Å². The van der Waals surface area contributed by atoms with Gasteiger partial charge in [0.2, 0.25) is 5.91 Å². The van der Waals surface area contributed by atoms with Crippen LogP contribution < -0.4 is 0 Å². The van der Waals surface area contributed by atoms with E-state index in [1.54, 1.807) is 11.8 Å². The maximum Gasteiger partial charge on any atom is 0.248 e. The highest BCUT2D eigenvalue weighted by Gasteiger charge is 2.54. The molecule has 0 aromatic carbocycles. The van der Waals surface area contributed by atoms with Crippen molar-refractivity contribution in [2.75, 3.05) is 11.5 Å². The van der Waals surface area contributed by atoms with Crippen LogP contribution in [0.3, 0.4) is 0 Å². The Hall–Kier alpha value is -0.560. The van der Waals surface area contributed by atoms with Crippen LogP contribution in [0.2, 0.25) is 0 Å². The van der Waals surface area contributed by atoms with Crippen molar-refractivity contribution < 1.29 is 13.2 Å². The highest BCUT2D eigenvalue weighted by Crippen LogP contribution is 2.51. The van der Waals surface area contributed by atoms with Gasteiger partial charge in [-0.15, -0.1) is 0 Å². The first-order chi connectivity index (χ1) is 13.0. The Morgan fingerprint density at radius 1 is 1.07 bits per heavy atom. The number of hydrogen-bond acceptors (Lipinski definition) is 4. The van der Waals surface area contributed by atoms with E-state index in [1.807, 2.05) is 0 Å². The average molecular weight is 411 g/mol. The molecule has 3 saturated carbocycles. The molecule has 0 radical (unpaired) electrons. The first kappa shape index (κ1) is 18.5. The number of sulfone groups is 1. The molecule has 0 aromatic rings. The molecule has 27 heavy (non-hydrogen) atoms. The molecule has 3 aliphatic carbocycles. The predicted octanol–water partition coefficient (Wildman–Crippen LogP) is 3.24. The van der Waals surface area contributed by atoms with Gasteiger partial charge in [-0.2, -0.15) is 4.99 Å². The summed E-state index contributed by atoms with van der Waals surface area (Å²) in [6, 6.07) is 0.437. The summed E-state index contributed by atoms with van der Waals surface area (Å²) >= 11 is 1.57. The lowest BCUT2D eigenvalue weighted by Gasteiger charge is -2.36. The average Bonchev–Trinajstić information content (AvgIpc) is 3.39. The number of amidine groups is 1. The topological polar surface area (TPSA) is 66.8 Å². The Morgan fingerprint density at radius 3 is 2.59 bits per heavy atom. The molecule has 1 amide bonds. The third kappa shape index (κ3) is 3.59. The molecule has 0 aromatic heterocycles. The molecule has 2 bridgehead atoms. The Kier molecular flexibility index (Phi) is 4.82. The lowest BCUT2D eigenvalue weighted by Crippen LogP contribution is -2.47. The van der Waals surface area contributed by atoms with E-state index < -0.39 is 9.84 Å². The van der Waals surface area contributed by atoms with Gasteiger partial charge in [0.05, 0.1) is 17.5 Å². The van der Waals surface area contributed by atoms with Crippen LogP contribution in [0.4, 0.5) is 0 Å². The van der Waals surface area contributed by atoms with Crippen molar-refractivity contribution in [3.63, 3.8) is 0 Å². The fourth-order valence-corrected chi connectivity index (χ4v) is 10.3. The molecule has 0 unspecified atom stereocenters. The summed E-state index contributed by atoms with van der Waals surface area (Å²) in [5.41, 5.74) is 0. The Bertz CT molecular complexity index is 744. The molecule has 0 spiro atoms. The first-order valence-electron chi connectivity index (χ1n) is 10.8. The van der Waals surface area contributed by atoms with E-state index in [0.717, 1.165) is 23.9 Å². The fraction of sp³-hybridized carbons (Fsp3) is 0.900. The summed E-state index contributed by atoms with van der Waals surface area (Å²) in [5.74, 6) is 2.65. The van der Waals surface area contributed by atoms with Crippen molar-refractivity contribution in [3.05, 3.63) is 0 Å². The second kappa shape index (κ2) is 7.05. The van der Waals surface area contributed by atoms with Crippen LogP contribution in [0.1, 0.15) is 64.2 Å².